The van der Waals surface area contributed by atoms with Crippen molar-refractivity contribution in [3.05, 3.63) is 39.5 Å². The molecule has 1 N–H and O–H groups in total. The highest BCUT2D eigenvalue weighted by Gasteiger charge is 2.28. The third-order valence-electron chi connectivity index (χ3n) is 4.52. The van der Waals surface area contributed by atoms with Crippen LogP contribution in [0, 0.1) is 13.8 Å². The summed E-state index contributed by atoms with van der Waals surface area (Å²) in [4.78, 5) is 18.9. The van der Waals surface area contributed by atoms with Crippen LogP contribution in [0.4, 0.5) is 0 Å². The van der Waals surface area contributed by atoms with Gasteiger partial charge >= 0.3 is 0 Å². The molecule has 0 unspecified atom stereocenters. The molecule has 120 valence electrons. The Hall–Kier alpha value is -1.95. The molecular weight excluding hydrogens is 306 g/mol. The Bertz CT molecular complexity index is 841. The van der Waals surface area contributed by atoms with Crippen LogP contribution in [0.3, 0.4) is 0 Å². The van der Waals surface area contributed by atoms with Crippen molar-refractivity contribution in [2.24, 2.45) is 0 Å². The molecule has 0 bridgehead atoms. The molecule has 23 heavy (non-hydrogen) atoms. The van der Waals surface area contributed by atoms with Gasteiger partial charge in [0.05, 0.1) is 16.7 Å². The van der Waals surface area contributed by atoms with E-state index in [4.69, 9.17) is 9.97 Å². The zero-order valence-corrected chi connectivity index (χ0v) is 14.6. The fraction of sp³-hybridized carbons (Fsp3) is 0.471. The lowest BCUT2D eigenvalue weighted by molar-refractivity contribution is 0.485. The van der Waals surface area contributed by atoms with Gasteiger partial charge in [0.2, 0.25) is 0 Å². The van der Waals surface area contributed by atoms with Crippen LogP contribution in [0.15, 0.2) is 12.4 Å². The minimum atomic E-state index is 0.280. The van der Waals surface area contributed by atoms with Crippen LogP contribution in [0.2, 0.25) is 0 Å². The van der Waals surface area contributed by atoms with Crippen molar-refractivity contribution >= 4 is 11.3 Å². The lowest BCUT2D eigenvalue weighted by atomic mass is 9.97. The van der Waals surface area contributed by atoms with Crippen molar-refractivity contribution in [3.8, 4) is 11.5 Å². The maximum Gasteiger partial charge on any atom is 0.161 e. The van der Waals surface area contributed by atoms with Crippen LogP contribution < -0.4 is 0 Å². The van der Waals surface area contributed by atoms with Crippen molar-refractivity contribution in [2.45, 2.75) is 52.5 Å². The topological polar surface area (TPSA) is 59.4 Å². The number of aromatic amines is 1. The van der Waals surface area contributed by atoms with Crippen LogP contribution in [0.1, 0.15) is 52.9 Å². The molecule has 0 saturated carbocycles. The Kier molecular flexibility index (Phi) is 3.56. The third-order valence-corrected chi connectivity index (χ3v) is 5.56. The number of hydrogen-bond donors (Lipinski definition) is 1. The number of hydrogen-bond acceptors (Lipinski definition) is 4. The molecule has 5 nitrogen and oxygen atoms in total. The van der Waals surface area contributed by atoms with Crippen molar-refractivity contribution in [2.75, 3.05) is 0 Å². The molecule has 0 aromatic carbocycles. The Morgan fingerprint density at radius 3 is 3.00 bits per heavy atom. The van der Waals surface area contributed by atoms with E-state index in [1.807, 2.05) is 17.5 Å². The van der Waals surface area contributed by atoms with Crippen molar-refractivity contribution in [1.29, 1.82) is 0 Å². The fourth-order valence-corrected chi connectivity index (χ4v) is 4.48. The summed E-state index contributed by atoms with van der Waals surface area (Å²) in [5.74, 6) is 1.96. The molecule has 1 aliphatic rings. The monoisotopic (exact) mass is 327 g/mol. The van der Waals surface area contributed by atoms with Gasteiger partial charge in [0.15, 0.2) is 5.82 Å². The van der Waals surface area contributed by atoms with Crippen molar-refractivity contribution in [3.63, 3.8) is 0 Å². The summed E-state index contributed by atoms with van der Waals surface area (Å²) in [6.45, 7) is 6.28. The number of rotatable bonds is 3. The van der Waals surface area contributed by atoms with E-state index in [1.54, 1.807) is 0 Å². The van der Waals surface area contributed by atoms with Gasteiger partial charge in [-0.1, -0.05) is 6.92 Å². The molecule has 0 fully saturated rings. The lowest BCUT2D eigenvalue weighted by Crippen LogP contribution is -2.17. The maximum absolute atomic E-state index is 4.81. The molecule has 4 rings (SSSR count). The number of aromatic nitrogens is 5. The maximum atomic E-state index is 4.81. The molecule has 0 spiro atoms. The number of nitrogens with one attached hydrogen (secondary N) is 1. The summed E-state index contributed by atoms with van der Waals surface area (Å²) in [5.41, 5.74) is 3.28. The second-order valence-corrected chi connectivity index (χ2v) is 7.41. The molecule has 0 radical (unpaired) electrons. The Balaban J connectivity index is 1.80. The molecule has 3 aromatic rings. The largest absolute Gasteiger partial charge is 0.345 e. The smallest absolute Gasteiger partial charge is 0.161 e. The standard InChI is InChI=1S/C17H21N5S/c1-4-14-19-10(2)15(21-14)17-18-8-9-22(17)12-6-5-7-13-16(12)20-11(3)23-13/h8-9,12H,4-7H2,1-3H3,(H,19,21)/t12-/m1/s1. The summed E-state index contributed by atoms with van der Waals surface area (Å²) in [6.07, 6.45) is 8.33. The highest BCUT2D eigenvalue weighted by Crippen LogP contribution is 2.37. The quantitative estimate of drug-likeness (QED) is 0.795. The van der Waals surface area contributed by atoms with Gasteiger partial charge in [0.25, 0.3) is 0 Å². The van der Waals surface area contributed by atoms with Gasteiger partial charge < -0.3 is 9.55 Å². The second kappa shape index (κ2) is 5.60. The molecule has 1 aliphatic carbocycles. The van der Waals surface area contributed by atoms with E-state index in [0.717, 1.165) is 47.3 Å². The highest BCUT2D eigenvalue weighted by atomic mass is 32.1. The first-order chi connectivity index (χ1) is 11.2. The highest BCUT2D eigenvalue weighted by molar-refractivity contribution is 7.11. The minimum absolute atomic E-state index is 0.280. The number of imidazole rings is 2. The first kappa shape index (κ1) is 14.6. The van der Waals surface area contributed by atoms with Gasteiger partial charge in [-0.25, -0.2) is 15.0 Å². The lowest BCUT2D eigenvalue weighted by Gasteiger charge is -2.24. The van der Waals surface area contributed by atoms with Crippen molar-refractivity contribution < 1.29 is 0 Å². The van der Waals surface area contributed by atoms with Gasteiger partial charge in [0.1, 0.15) is 11.5 Å². The molecular formula is C17H21N5S. The molecule has 3 aromatic heterocycles. The van der Waals surface area contributed by atoms with Gasteiger partial charge in [-0.2, -0.15) is 0 Å². The normalized spacial score (nSPS) is 17.4. The number of nitrogens with zero attached hydrogens (tertiary/aromatic N) is 4. The molecule has 0 aliphatic heterocycles. The van der Waals surface area contributed by atoms with E-state index in [0.29, 0.717) is 0 Å². The van der Waals surface area contributed by atoms with Crippen LogP contribution in [0.25, 0.3) is 11.5 Å². The van der Waals surface area contributed by atoms with Gasteiger partial charge in [-0.05, 0) is 33.1 Å². The molecule has 3 heterocycles. The van der Waals surface area contributed by atoms with E-state index >= 15 is 0 Å². The number of H-pyrrole nitrogens is 1. The number of thiazole rings is 1. The Morgan fingerprint density at radius 2 is 2.22 bits per heavy atom. The first-order valence-electron chi connectivity index (χ1n) is 8.22. The summed E-state index contributed by atoms with van der Waals surface area (Å²) in [7, 11) is 0. The SMILES string of the molecule is CCc1nc(-c2nccn2[C@@H]2CCCc3sc(C)nc32)c(C)[nH]1. The molecule has 0 amide bonds. The average molecular weight is 327 g/mol. The predicted molar refractivity (Wildman–Crippen MR) is 91.9 cm³/mol. The van der Waals surface area contributed by atoms with Crippen LogP contribution >= 0.6 is 11.3 Å². The summed E-state index contributed by atoms with van der Waals surface area (Å²) in [5, 5.41) is 1.16. The zero-order chi connectivity index (χ0) is 16.0. The number of fused-ring (bicyclic) bond motifs is 1. The third kappa shape index (κ3) is 2.41. The summed E-state index contributed by atoms with van der Waals surface area (Å²) < 4.78 is 2.26. The van der Waals surface area contributed by atoms with E-state index < -0.39 is 0 Å². The summed E-state index contributed by atoms with van der Waals surface area (Å²) >= 11 is 1.84. The van der Waals surface area contributed by atoms with E-state index in [2.05, 4.69) is 41.5 Å². The second-order valence-electron chi connectivity index (χ2n) is 6.12. The average Bonchev–Trinajstić information content (AvgIpc) is 3.22. The van der Waals surface area contributed by atoms with E-state index in [-0.39, 0.29) is 6.04 Å². The van der Waals surface area contributed by atoms with Crippen LogP contribution in [-0.4, -0.2) is 24.5 Å². The fourth-order valence-electron chi connectivity index (χ4n) is 3.44. The minimum Gasteiger partial charge on any atom is -0.345 e. The molecule has 6 heteroatoms. The molecule has 1 atom stereocenters. The Morgan fingerprint density at radius 1 is 1.35 bits per heavy atom. The van der Waals surface area contributed by atoms with Gasteiger partial charge in [-0.15, -0.1) is 11.3 Å². The van der Waals surface area contributed by atoms with E-state index in [1.165, 1.54) is 17.0 Å². The van der Waals surface area contributed by atoms with Crippen LogP contribution in [0.5, 0.6) is 0 Å². The Labute approximate surface area is 139 Å². The van der Waals surface area contributed by atoms with Crippen molar-refractivity contribution in [1.82, 2.24) is 24.5 Å². The van der Waals surface area contributed by atoms with Crippen LogP contribution in [-0.2, 0) is 12.8 Å². The summed E-state index contributed by atoms with van der Waals surface area (Å²) in [6, 6.07) is 0.280. The number of aryl methyl sites for hydroxylation is 4. The van der Waals surface area contributed by atoms with E-state index in [9.17, 15) is 0 Å². The zero-order valence-electron chi connectivity index (χ0n) is 13.8. The molecule has 0 saturated heterocycles. The predicted octanol–water partition coefficient (Wildman–Crippen LogP) is 3.83. The van der Waals surface area contributed by atoms with Gasteiger partial charge in [0, 0.05) is 29.4 Å². The first-order valence-corrected chi connectivity index (χ1v) is 9.04. The van der Waals surface area contributed by atoms with Gasteiger partial charge in [-0.3, -0.25) is 0 Å².